The van der Waals surface area contributed by atoms with Crippen molar-refractivity contribution in [1.29, 1.82) is 0 Å². The summed E-state index contributed by atoms with van der Waals surface area (Å²) < 4.78 is 5.50. The van der Waals surface area contributed by atoms with Crippen molar-refractivity contribution in [2.24, 2.45) is 0 Å². The van der Waals surface area contributed by atoms with Gasteiger partial charge in [-0.2, -0.15) is 4.98 Å². The zero-order chi connectivity index (χ0) is 17.9. The molecule has 0 radical (unpaired) electrons. The molecule has 6 heteroatoms. The van der Waals surface area contributed by atoms with E-state index >= 15 is 0 Å². The van der Waals surface area contributed by atoms with Gasteiger partial charge in [0.05, 0.1) is 18.3 Å². The number of methoxy groups -OCH3 is 1. The lowest BCUT2D eigenvalue weighted by Crippen LogP contribution is -2.47. The molecule has 2 heterocycles. The van der Waals surface area contributed by atoms with Crippen LogP contribution in [0.15, 0.2) is 48.5 Å². The first-order chi connectivity index (χ1) is 12.8. The molecule has 3 aromatic rings. The summed E-state index contributed by atoms with van der Waals surface area (Å²) in [5.41, 5.74) is 2.11. The molecule has 1 aromatic heterocycles. The number of fused-ring (bicyclic) bond motifs is 1. The third-order valence-electron chi connectivity index (χ3n) is 4.82. The molecule has 0 unspecified atom stereocenters. The molecule has 0 bridgehead atoms. The van der Waals surface area contributed by atoms with Gasteiger partial charge in [0, 0.05) is 38.6 Å². The average Bonchev–Trinajstić information content (AvgIpc) is 2.73. The van der Waals surface area contributed by atoms with Crippen molar-refractivity contribution in [3.05, 3.63) is 48.5 Å². The fraction of sp³-hybridized carbons (Fsp3) is 0.300. The highest BCUT2D eigenvalue weighted by atomic mass is 16.5. The topological polar surface area (TPSA) is 53.5 Å². The molecule has 26 heavy (non-hydrogen) atoms. The molecule has 0 aliphatic carbocycles. The van der Waals surface area contributed by atoms with E-state index in [9.17, 15) is 0 Å². The Labute approximate surface area is 153 Å². The molecule has 0 spiro atoms. The largest absolute Gasteiger partial charge is 0.495 e. The van der Waals surface area contributed by atoms with Gasteiger partial charge in [0.1, 0.15) is 11.6 Å². The van der Waals surface area contributed by atoms with Crippen LogP contribution < -0.4 is 19.9 Å². The van der Waals surface area contributed by atoms with Gasteiger partial charge in [-0.3, -0.25) is 0 Å². The average molecular weight is 349 g/mol. The summed E-state index contributed by atoms with van der Waals surface area (Å²) in [5.74, 6) is 2.57. The minimum Gasteiger partial charge on any atom is -0.495 e. The number of ether oxygens (including phenoxy) is 1. The zero-order valence-electron chi connectivity index (χ0n) is 15.1. The minimum absolute atomic E-state index is 0.785. The first-order valence-corrected chi connectivity index (χ1v) is 8.87. The number of benzene rings is 2. The number of piperazine rings is 1. The lowest BCUT2D eigenvalue weighted by Gasteiger charge is -2.36. The van der Waals surface area contributed by atoms with Gasteiger partial charge in [0.15, 0.2) is 0 Å². The molecule has 1 N–H and O–H groups in total. The monoisotopic (exact) mass is 349 g/mol. The maximum atomic E-state index is 5.50. The van der Waals surface area contributed by atoms with E-state index in [1.807, 2.05) is 43.4 Å². The van der Waals surface area contributed by atoms with Crippen LogP contribution in [0.4, 0.5) is 17.5 Å². The second kappa shape index (κ2) is 7.07. The van der Waals surface area contributed by atoms with Gasteiger partial charge in [0.2, 0.25) is 5.95 Å². The molecule has 1 saturated heterocycles. The molecule has 1 aliphatic rings. The predicted octanol–water partition coefficient (Wildman–Crippen LogP) is 3.01. The molecular weight excluding hydrogens is 326 g/mol. The highest BCUT2D eigenvalue weighted by Gasteiger charge is 2.22. The number of nitrogens with zero attached hydrogens (tertiary/aromatic N) is 4. The van der Waals surface area contributed by atoms with E-state index in [-0.39, 0.29) is 0 Å². The Hall–Kier alpha value is -3.02. The van der Waals surface area contributed by atoms with Crippen LogP contribution in [-0.4, -0.2) is 50.3 Å². The SMILES string of the molecule is CNc1nc(N2CCN(c3ccccc3OC)CC2)nc2ccccc12. The molecule has 1 fully saturated rings. The number of para-hydroxylation sites is 3. The Morgan fingerprint density at radius 2 is 1.58 bits per heavy atom. The van der Waals surface area contributed by atoms with E-state index in [0.717, 1.165) is 60.3 Å². The van der Waals surface area contributed by atoms with E-state index in [4.69, 9.17) is 14.7 Å². The molecule has 134 valence electrons. The Balaban J connectivity index is 1.56. The Bertz CT molecular complexity index is 906. The van der Waals surface area contributed by atoms with E-state index in [2.05, 4.69) is 27.2 Å². The summed E-state index contributed by atoms with van der Waals surface area (Å²) in [4.78, 5) is 14.1. The van der Waals surface area contributed by atoms with E-state index < -0.39 is 0 Å². The molecule has 0 atom stereocenters. The maximum Gasteiger partial charge on any atom is 0.228 e. The van der Waals surface area contributed by atoms with Gasteiger partial charge < -0.3 is 19.9 Å². The second-order valence-electron chi connectivity index (χ2n) is 6.29. The number of hydrogen-bond donors (Lipinski definition) is 1. The first-order valence-electron chi connectivity index (χ1n) is 8.87. The van der Waals surface area contributed by atoms with Gasteiger partial charge in [-0.05, 0) is 24.3 Å². The summed E-state index contributed by atoms with van der Waals surface area (Å²) in [5, 5.41) is 4.24. The standard InChI is InChI=1S/C20H23N5O/c1-21-19-15-7-3-4-8-16(15)22-20(23-19)25-13-11-24(12-14-25)17-9-5-6-10-18(17)26-2/h3-10H,11-14H2,1-2H3,(H,21,22,23). The normalized spacial score (nSPS) is 14.5. The Morgan fingerprint density at radius 1 is 0.885 bits per heavy atom. The lowest BCUT2D eigenvalue weighted by atomic mass is 10.2. The number of hydrogen-bond acceptors (Lipinski definition) is 6. The third-order valence-corrected chi connectivity index (χ3v) is 4.82. The van der Waals surface area contributed by atoms with Gasteiger partial charge >= 0.3 is 0 Å². The van der Waals surface area contributed by atoms with Crippen LogP contribution in [0.25, 0.3) is 10.9 Å². The van der Waals surface area contributed by atoms with Crippen LogP contribution in [0.1, 0.15) is 0 Å². The molecule has 1 aliphatic heterocycles. The molecular formula is C20H23N5O. The van der Waals surface area contributed by atoms with Crippen LogP contribution in [0, 0.1) is 0 Å². The first kappa shape index (κ1) is 16.4. The van der Waals surface area contributed by atoms with Gasteiger partial charge in [-0.1, -0.05) is 24.3 Å². The van der Waals surface area contributed by atoms with Gasteiger partial charge in [-0.15, -0.1) is 0 Å². The van der Waals surface area contributed by atoms with E-state index in [0.29, 0.717) is 0 Å². The van der Waals surface area contributed by atoms with Gasteiger partial charge in [-0.25, -0.2) is 4.98 Å². The Morgan fingerprint density at radius 3 is 2.35 bits per heavy atom. The highest BCUT2D eigenvalue weighted by Crippen LogP contribution is 2.29. The minimum atomic E-state index is 0.785. The summed E-state index contributed by atoms with van der Waals surface area (Å²) in [7, 11) is 3.62. The zero-order valence-corrected chi connectivity index (χ0v) is 15.1. The van der Waals surface area contributed by atoms with Crippen LogP contribution >= 0.6 is 0 Å². The van der Waals surface area contributed by atoms with Crippen molar-refractivity contribution < 1.29 is 4.74 Å². The van der Waals surface area contributed by atoms with Crippen molar-refractivity contribution in [2.45, 2.75) is 0 Å². The molecule has 2 aromatic carbocycles. The smallest absolute Gasteiger partial charge is 0.228 e. The van der Waals surface area contributed by atoms with Crippen molar-refractivity contribution in [1.82, 2.24) is 9.97 Å². The summed E-state index contributed by atoms with van der Waals surface area (Å²) in [6.45, 7) is 3.57. The molecule has 4 rings (SSSR count). The molecule has 0 saturated carbocycles. The van der Waals surface area contributed by atoms with Crippen LogP contribution in [-0.2, 0) is 0 Å². The fourth-order valence-corrected chi connectivity index (χ4v) is 3.43. The van der Waals surface area contributed by atoms with Crippen LogP contribution in [0.2, 0.25) is 0 Å². The lowest BCUT2D eigenvalue weighted by molar-refractivity contribution is 0.413. The van der Waals surface area contributed by atoms with Crippen molar-refractivity contribution >= 4 is 28.4 Å². The molecule has 0 amide bonds. The van der Waals surface area contributed by atoms with Crippen molar-refractivity contribution in [3.8, 4) is 5.75 Å². The Kier molecular flexibility index (Phi) is 4.48. The number of aromatic nitrogens is 2. The predicted molar refractivity (Wildman–Crippen MR) is 107 cm³/mol. The third kappa shape index (κ3) is 2.98. The van der Waals surface area contributed by atoms with E-state index in [1.165, 1.54) is 0 Å². The second-order valence-corrected chi connectivity index (χ2v) is 6.29. The summed E-state index contributed by atoms with van der Waals surface area (Å²) >= 11 is 0. The van der Waals surface area contributed by atoms with Crippen LogP contribution in [0.5, 0.6) is 5.75 Å². The maximum absolute atomic E-state index is 5.50. The number of nitrogens with one attached hydrogen (secondary N) is 1. The van der Waals surface area contributed by atoms with Crippen molar-refractivity contribution in [2.75, 3.05) is 55.5 Å². The highest BCUT2D eigenvalue weighted by molar-refractivity contribution is 5.90. The van der Waals surface area contributed by atoms with Crippen LogP contribution in [0.3, 0.4) is 0 Å². The number of anilines is 3. The van der Waals surface area contributed by atoms with Gasteiger partial charge in [0.25, 0.3) is 0 Å². The summed E-state index contributed by atoms with van der Waals surface area (Å²) in [6, 6.07) is 16.3. The van der Waals surface area contributed by atoms with E-state index in [1.54, 1.807) is 7.11 Å². The fourth-order valence-electron chi connectivity index (χ4n) is 3.43. The quantitative estimate of drug-likeness (QED) is 0.781. The summed E-state index contributed by atoms with van der Waals surface area (Å²) in [6.07, 6.45) is 0. The van der Waals surface area contributed by atoms with Crippen molar-refractivity contribution in [3.63, 3.8) is 0 Å². The number of rotatable bonds is 4. The molecule has 6 nitrogen and oxygen atoms in total.